The molecule has 2 saturated heterocycles. The summed E-state index contributed by atoms with van der Waals surface area (Å²) in [7, 11) is -3.62. The van der Waals surface area contributed by atoms with E-state index in [2.05, 4.69) is 29.4 Å². The molecule has 2 aliphatic rings. The van der Waals surface area contributed by atoms with Crippen LogP contribution in [0.4, 0.5) is 0 Å². The van der Waals surface area contributed by atoms with Crippen molar-refractivity contribution >= 4 is 22.0 Å². The van der Waals surface area contributed by atoms with Crippen LogP contribution in [0.15, 0.2) is 36.5 Å². The second-order valence-corrected chi connectivity index (χ2v) is 11.6. The zero-order chi connectivity index (χ0) is 26.3. The molecule has 1 atom stereocenters. The Morgan fingerprint density at radius 1 is 1.14 bits per heavy atom. The molecule has 4 rings (SSSR count). The first-order chi connectivity index (χ1) is 17.9. The number of benzene rings is 1. The largest absolute Gasteiger partial charge is 0.353 e. The van der Waals surface area contributed by atoms with Crippen molar-refractivity contribution in [2.45, 2.75) is 71.5 Å². The van der Waals surface area contributed by atoms with Gasteiger partial charge in [-0.2, -0.15) is 4.31 Å². The van der Waals surface area contributed by atoms with E-state index in [1.165, 1.54) is 4.31 Å². The first kappa shape index (κ1) is 27.4. The lowest BCUT2D eigenvalue weighted by molar-refractivity contribution is -0.182. The Labute approximate surface area is 219 Å². The second kappa shape index (κ2) is 12.8. The van der Waals surface area contributed by atoms with Crippen LogP contribution in [-0.4, -0.2) is 76.4 Å². The van der Waals surface area contributed by atoms with Crippen LogP contribution < -0.4 is 0 Å². The van der Waals surface area contributed by atoms with E-state index in [0.29, 0.717) is 31.9 Å². The summed E-state index contributed by atoms with van der Waals surface area (Å²) in [5, 5.41) is 8.34. The summed E-state index contributed by atoms with van der Waals surface area (Å²) in [5.41, 5.74) is 2.53. The average Bonchev–Trinajstić information content (AvgIpc) is 3.34. The Balaban J connectivity index is 1.37. The molecular formula is C26H37N5O5S. The summed E-state index contributed by atoms with van der Waals surface area (Å²) < 4.78 is 40.4. The van der Waals surface area contributed by atoms with E-state index in [1.54, 1.807) is 22.7 Å². The maximum atomic E-state index is 13.3. The molecule has 37 heavy (non-hydrogen) atoms. The molecule has 0 spiro atoms. The number of sulfonamides is 1. The Hall–Kier alpha value is -2.60. The number of aryl methyl sites for hydroxylation is 1. The molecule has 2 aromatic rings. The van der Waals surface area contributed by atoms with Crippen molar-refractivity contribution in [3.8, 4) is 0 Å². The number of hydrogen-bond acceptors (Lipinski definition) is 7. The van der Waals surface area contributed by atoms with Crippen LogP contribution in [0.5, 0.6) is 0 Å². The van der Waals surface area contributed by atoms with Gasteiger partial charge in [0, 0.05) is 26.1 Å². The van der Waals surface area contributed by atoms with Crippen LogP contribution in [0, 0.1) is 0 Å². The first-order valence-electron chi connectivity index (χ1n) is 13.0. The molecule has 1 amide bonds. The molecule has 0 saturated carbocycles. The summed E-state index contributed by atoms with van der Waals surface area (Å²) in [6, 6.07) is 6.97. The Bertz CT molecular complexity index is 1160. The lowest BCUT2D eigenvalue weighted by Crippen LogP contribution is -2.45. The van der Waals surface area contributed by atoms with E-state index in [1.807, 2.05) is 24.3 Å². The molecule has 2 aliphatic heterocycles. The summed E-state index contributed by atoms with van der Waals surface area (Å²) in [5.74, 6) is -0.371. The van der Waals surface area contributed by atoms with Gasteiger partial charge in [-0.3, -0.25) is 9.48 Å². The minimum absolute atomic E-state index is 0.111. The van der Waals surface area contributed by atoms with Crippen molar-refractivity contribution < 1.29 is 22.7 Å². The quantitative estimate of drug-likeness (QED) is 0.464. The van der Waals surface area contributed by atoms with E-state index in [0.717, 1.165) is 30.4 Å². The second-order valence-electron chi connectivity index (χ2n) is 9.52. The molecule has 2 fully saturated rings. The molecule has 202 valence electrons. The molecule has 0 N–H and O–H groups in total. The van der Waals surface area contributed by atoms with Crippen molar-refractivity contribution in [1.29, 1.82) is 0 Å². The number of amides is 1. The third kappa shape index (κ3) is 7.47. The van der Waals surface area contributed by atoms with Crippen molar-refractivity contribution in [2.24, 2.45) is 0 Å². The number of carbonyl (C=O) groups excluding carboxylic acids is 1. The van der Waals surface area contributed by atoms with Gasteiger partial charge in [0.25, 0.3) is 0 Å². The molecular weight excluding hydrogens is 494 g/mol. The number of aromatic nitrogens is 3. The lowest BCUT2D eigenvalue weighted by Gasteiger charge is -2.26. The van der Waals surface area contributed by atoms with Crippen LogP contribution in [0.25, 0.3) is 6.08 Å². The third-order valence-electron chi connectivity index (χ3n) is 6.59. The van der Waals surface area contributed by atoms with Gasteiger partial charge in [-0.15, -0.1) is 5.10 Å². The number of allylic oxidation sites excluding steroid dienone is 1. The molecule has 11 heteroatoms. The number of ether oxygens (including phenoxy) is 2. The summed E-state index contributed by atoms with van der Waals surface area (Å²) in [6.45, 7) is 6.24. The maximum absolute atomic E-state index is 13.3. The highest BCUT2D eigenvalue weighted by Crippen LogP contribution is 2.21. The summed E-state index contributed by atoms with van der Waals surface area (Å²) in [4.78, 5) is 14.9. The van der Waals surface area contributed by atoms with Gasteiger partial charge in [-0.1, -0.05) is 55.0 Å². The zero-order valence-electron chi connectivity index (χ0n) is 21.7. The number of rotatable bonds is 10. The first-order valence-corrected chi connectivity index (χ1v) is 14.6. The van der Waals surface area contributed by atoms with Gasteiger partial charge in [0.1, 0.15) is 11.7 Å². The van der Waals surface area contributed by atoms with Gasteiger partial charge in [-0.25, -0.2) is 8.42 Å². The number of carbonyl (C=O) groups is 1. The van der Waals surface area contributed by atoms with E-state index in [9.17, 15) is 13.2 Å². The third-order valence-corrected chi connectivity index (χ3v) is 8.45. The minimum atomic E-state index is -3.62. The lowest BCUT2D eigenvalue weighted by atomic mass is 10.1. The number of unbranched alkanes of at least 4 members (excludes halogenated alkanes) is 1. The zero-order valence-corrected chi connectivity index (χ0v) is 22.5. The Kier molecular flexibility index (Phi) is 9.47. The highest BCUT2D eigenvalue weighted by atomic mass is 32.2. The number of nitrogens with zero attached hydrogens (tertiary/aromatic N) is 5. The Morgan fingerprint density at radius 2 is 1.89 bits per heavy atom. The smallest absolute Gasteiger partial charge is 0.241 e. The van der Waals surface area contributed by atoms with Crippen LogP contribution in [-0.2, 0) is 43.9 Å². The fraction of sp³-hybridized carbons (Fsp3) is 0.577. The predicted octanol–water partition coefficient (Wildman–Crippen LogP) is 2.81. The molecule has 10 nitrogen and oxygen atoms in total. The molecule has 1 aromatic heterocycles. The van der Waals surface area contributed by atoms with Crippen LogP contribution in [0.1, 0.15) is 56.4 Å². The molecule has 3 heterocycles. The van der Waals surface area contributed by atoms with E-state index in [4.69, 9.17) is 9.47 Å². The average molecular weight is 532 g/mol. The van der Waals surface area contributed by atoms with Gasteiger partial charge in [-0.05, 0) is 30.9 Å². The summed E-state index contributed by atoms with van der Waals surface area (Å²) in [6.07, 6.45) is 9.41. The normalized spacial score (nSPS) is 21.5. The molecule has 0 bridgehead atoms. The topological polar surface area (TPSA) is 107 Å². The highest BCUT2D eigenvalue weighted by Gasteiger charge is 2.38. The highest BCUT2D eigenvalue weighted by molar-refractivity contribution is 7.89. The Morgan fingerprint density at radius 3 is 2.62 bits per heavy atom. The van der Waals surface area contributed by atoms with Crippen molar-refractivity contribution in [2.75, 3.05) is 25.5 Å². The van der Waals surface area contributed by atoms with Crippen molar-refractivity contribution in [3.63, 3.8) is 0 Å². The van der Waals surface area contributed by atoms with Gasteiger partial charge in [0.15, 0.2) is 6.29 Å². The van der Waals surface area contributed by atoms with Crippen LogP contribution in [0.3, 0.4) is 0 Å². The monoisotopic (exact) mass is 531 g/mol. The molecule has 0 radical (unpaired) electrons. The fourth-order valence-electron chi connectivity index (χ4n) is 4.43. The maximum Gasteiger partial charge on any atom is 0.241 e. The van der Waals surface area contributed by atoms with Gasteiger partial charge in [0.2, 0.25) is 15.9 Å². The van der Waals surface area contributed by atoms with Gasteiger partial charge >= 0.3 is 0 Å². The molecule has 1 unspecified atom stereocenters. The van der Waals surface area contributed by atoms with Gasteiger partial charge < -0.3 is 14.4 Å². The minimum Gasteiger partial charge on any atom is -0.353 e. The molecule has 1 aromatic carbocycles. The van der Waals surface area contributed by atoms with Crippen LogP contribution in [0.2, 0.25) is 0 Å². The van der Waals surface area contributed by atoms with E-state index in [-0.39, 0.29) is 37.6 Å². The van der Waals surface area contributed by atoms with Crippen molar-refractivity contribution in [1.82, 2.24) is 24.2 Å². The SMILES string of the molecule is CCC/C=C/c1ccc(CN2C(C)C(=O)N(Cc3cn(CCC4OCCCO4)nn3)CCS2(=O)=O)cc1. The van der Waals surface area contributed by atoms with Crippen LogP contribution >= 0.6 is 0 Å². The molecule has 0 aliphatic carbocycles. The standard InChI is InChI=1S/C26H37N5O5S/c1-3-4-5-7-22-8-10-23(11-9-22)18-31-21(2)26(32)29(14-17-37(31,33)34)19-24-20-30(28-27-24)13-12-25-35-15-6-16-36-25/h5,7-11,20-21,25H,3-4,6,12-19H2,1-2H3/b7-5+. The van der Waals surface area contributed by atoms with Crippen molar-refractivity contribution in [3.05, 3.63) is 53.4 Å². The van der Waals surface area contributed by atoms with E-state index < -0.39 is 16.1 Å². The van der Waals surface area contributed by atoms with Gasteiger partial charge in [0.05, 0.1) is 31.7 Å². The fourth-order valence-corrected chi connectivity index (χ4v) is 6.03. The predicted molar refractivity (Wildman–Crippen MR) is 140 cm³/mol. The summed E-state index contributed by atoms with van der Waals surface area (Å²) >= 11 is 0. The van der Waals surface area contributed by atoms with E-state index >= 15 is 0 Å². The number of hydrogen-bond donors (Lipinski definition) is 0.